The first-order chi connectivity index (χ1) is 4.70. The standard InChI is InChI=1S/C8H14ClN/c1-7(2)3-4-8(5-9)6-10/h7-8H,3-5H2,1-2H3. The van der Waals surface area contributed by atoms with Gasteiger partial charge in [-0.25, -0.2) is 0 Å². The van der Waals surface area contributed by atoms with E-state index in [2.05, 4.69) is 19.9 Å². The Morgan fingerprint density at radius 2 is 2.00 bits per heavy atom. The maximum atomic E-state index is 8.50. The molecule has 1 atom stereocenters. The zero-order valence-corrected chi connectivity index (χ0v) is 7.36. The second-order valence-electron chi connectivity index (χ2n) is 2.95. The average Bonchev–Trinajstić information content (AvgIpc) is 1.90. The van der Waals surface area contributed by atoms with Gasteiger partial charge in [0.25, 0.3) is 0 Å². The number of alkyl halides is 1. The Hall–Kier alpha value is -0.220. The molecule has 0 fully saturated rings. The van der Waals surface area contributed by atoms with Gasteiger partial charge in [-0.05, 0) is 18.8 Å². The van der Waals surface area contributed by atoms with E-state index in [1.165, 1.54) is 0 Å². The number of hydrogen-bond acceptors (Lipinski definition) is 1. The summed E-state index contributed by atoms with van der Waals surface area (Å²) in [5.41, 5.74) is 0. The van der Waals surface area contributed by atoms with E-state index >= 15 is 0 Å². The van der Waals surface area contributed by atoms with Crippen molar-refractivity contribution in [1.82, 2.24) is 0 Å². The van der Waals surface area contributed by atoms with Gasteiger partial charge >= 0.3 is 0 Å². The SMILES string of the molecule is CC(C)CCC(C#N)CCl. The van der Waals surface area contributed by atoms with Crippen LogP contribution in [0.25, 0.3) is 0 Å². The van der Waals surface area contributed by atoms with E-state index < -0.39 is 0 Å². The molecule has 0 aromatic rings. The summed E-state index contributed by atoms with van der Waals surface area (Å²) in [5, 5.41) is 8.50. The summed E-state index contributed by atoms with van der Waals surface area (Å²) in [6.45, 7) is 4.31. The average molecular weight is 160 g/mol. The molecule has 0 rings (SSSR count). The van der Waals surface area contributed by atoms with Crippen LogP contribution in [0.5, 0.6) is 0 Å². The van der Waals surface area contributed by atoms with Crippen LogP contribution in [0.2, 0.25) is 0 Å². The fourth-order valence-electron chi connectivity index (χ4n) is 0.711. The van der Waals surface area contributed by atoms with Crippen LogP contribution in [-0.2, 0) is 0 Å². The lowest BCUT2D eigenvalue weighted by Crippen LogP contribution is -2.00. The first-order valence-electron chi connectivity index (χ1n) is 3.66. The van der Waals surface area contributed by atoms with Crippen molar-refractivity contribution < 1.29 is 0 Å². The van der Waals surface area contributed by atoms with Crippen molar-refractivity contribution in [2.24, 2.45) is 11.8 Å². The van der Waals surface area contributed by atoms with Gasteiger partial charge in [0, 0.05) is 5.88 Å². The molecule has 1 unspecified atom stereocenters. The van der Waals surface area contributed by atoms with Gasteiger partial charge in [0.1, 0.15) is 0 Å². The van der Waals surface area contributed by atoms with Crippen molar-refractivity contribution in [3.05, 3.63) is 0 Å². The summed E-state index contributed by atoms with van der Waals surface area (Å²) in [4.78, 5) is 0. The Morgan fingerprint density at radius 3 is 2.30 bits per heavy atom. The molecule has 58 valence electrons. The maximum absolute atomic E-state index is 8.50. The topological polar surface area (TPSA) is 23.8 Å². The fraction of sp³-hybridized carbons (Fsp3) is 0.875. The Balaban J connectivity index is 3.38. The van der Waals surface area contributed by atoms with Crippen molar-refractivity contribution in [2.45, 2.75) is 26.7 Å². The predicted octanol–water partition coefficient (Wildman–Crippen LogP) is 2.80. The zero-order chi connectivity index (χ0) is 7.98. The third-order valence-corrected chi connectivity index (χ3v) is 1.83. The summed E-state index contributed by atoms with van der Waals surface area (Å²) in [6.07, 6.45) is 2.04. The minimum Gasteiger partial charge on any atom is -0.198 e. The number of halogens is 1. The van der Waals surface area contributed by atoms with Crippen LogP contribution >= 0.6 is 11.6 Å². The highest BCUT2D eigenvalue weighted by molar-refractivity contribution is 6.18. The van der Waals surface area contributed by atoms with Gasteiger partial charge in [-0.1, -0.05) is 13.8 Å². The molecular formula is C8H14ClN. The number of hydrogen-bond donors (Lipinski definition) is 0. The van der Waals surface area contributed by atoms with Crippen molar-refractivity contribution in [2.75, 3.05) is 5.88 Å². The first kappa shape index (κ1) is 9.78. The van der Waals surface area contributed by atoms with E-state index in [9.17, 15) is 0 Å². The van der Waals surface area contributed by atoms with Crippen LogP contribution < -0.4 is 0 Å². The molecule has 0 saturated heterocycles. The largest absolute Gasteiger partial charge is 0.198 e. The Labute approximate surface area is 68.0 Å². The summed E-state index contributed by atoms with van der Waals surface area (Å²) in [7, 11) is 0. The highest BCUT2D eigenvalue weighted by Crippen LogP contribution is 2.12. The van der Waals surface area contributed by atoms with Crippen LogP contribution in [0.4, 0.5) is 0 Å². The fourth-order valence-corrected chi connectivity index (χ4v) is 0.934. The lowest BCUT2D eigenvalue weighted by atomic mass is 10.0. The second kappa shape index (κ2) is 5.56. The molecule has 1 nitrogen and oxygen atoms in total. The highest BCUT2D eigenvalue weighted by Gasteiger charge is 2.05. The Kier molecular flexibility index (Phi) is 5.43. The molecule has 2 heteroatoms. The Bertz CT molecular complexity index is 115. The predicted molar refractivity (Wildman–Crippen MR) is 43.9 cm³/mol. The molecule has 10 heavy (non-hydrogen) atoms. The van der Waals surface area contributed by atoms with Gasteiger partial charge in [0.15, 0.2) is 0 Å². The molecule has 0 heterocycles. The summed E-state index contributed by atoms with van der Waals surface area (Å²) in [5.74, 6) is 1.21. The summed E-state index contributed by atoms with van der Waals surface area (Å²) in [6, 6.07) is 2.18. The molecular weight excluding hydrogens is 146 g/mol. The van der Waals surface area contributed by atoms with E-state index in [0.717, 1.165) is 12.8 Å². The third-order valence-electron chi connectivity index (χ3n) is 1.46. The second-order valence-corrected chi connectivity index (χ2v) is 3.26. The number of nitriles is 1. The highest BCUT2D eigenvalue weighted by atomic mass is 35.5. The molecule has 0 radical (unpaired) electrons. The smallest absolute Gasteiger partial charge is 0.0668 e. The van der Waals surface area contributed by atoms with Gasteiger partial charge in [0.05, 0.1) is 12.0 Å². The van der Waals surface area contributed by atoms with E-state index in [0.29, 0.717) is 11.8 Å². The molecule has 0 aromatic heterocycles. The van der Waals surface area contributed by atoms with Crippen LogP contribution in [0.1, 0.15) is 26.7 Å². The van der Waals surface area contributed by atoms with Crippen LogP contribution in [0.15, 0.2) is 0 Å². The van der Waals surface area contributed by atoms with Gasteiger partial charge in [-0.15, -0.1) is 11.6 Å². The summed E-state index contributed by atoms with van der Waals surface area (Å²) < 4.78 is 0. The summed E-state index contributed by atoms with van der Waals surface area (Å²) >= 11 is 5.53. The van der Waals surface area contributed by atoms with Crippen LogP contribution in [0, 0.1) is 23.2 Å². The molecule has 0 spiro atoms. The lowest BCUT2D eigenvalue weighted by molar-refractivity contribution is 0.509. The molecule has 0 saturated carbocycles. The quantitative estimate of drug-likeness (QED) is 0.579. The van der Waals surface area contributed by atoms with E-state index in [1.807, 2.05) is 0 Å². The lowest BCUT2D eigenvalue weighted by Gasteiger charge is -2.06. The minimum absolute atomic E-state index is 0.0593. The minimum atomic E-state index is 0.0593. The Morgan fingerprint density at radius 1 is 1.40 bits per heavy atom. The molecule has 0 bridgehead atoms. The molecule has 0 aromatic carbocycles. The van der Waals surface area contributed by atoms with Crippen molar-refractivity contribution >= 4 is 11.6 Å². The molecule has 0 aliphatic heterocycles. The zero-order valence-electron chi connectivity index (χ0n) is 6.60. The maximum Gasteiger partial charge on any atom is 0.0668 e. The molecule has 0 N–H and O–H groups in total. The first-order valence-corrected chi connectivity index (χ1v) is 4.19. The molecule has 0 amide bonds. The molecule has 0 aliphatic rings. The van der Waals surface area contributed by atoms with Crippen LogP contribution in [0.3, 0.4) is 0 Å². The van der Waals surface area contributed by atoms with Gasteiger partial charge in [-0.2, -0.15) is 5.26 Å². The normalized spacial score (nSPS) is 13.1. The third kappa shape index (κ3) is 4.64. The number of rotatable bonds is 4. The monoisotopic (exact) mass is 159 g/mol. The van der Waals surface area contributed by atoms with Crippen molar-refractivity contribution in [3.8, 4) is 6.07 Å². The number of nitrogens with zero attached hydrogens (tertiary/aromatic N) is 1. The van der Waals surface area contributed by atoms with Crippen LogP contribution in [-0.4, -0.2) is 5.88 Å². The van der Waals surface area contributed by atoms with Gasteiger partial charge < -0.3 is 0 Å². The van der Waals surface area contributed by atoms with E-state index in [4.69, 9.17) is 16.9 Å². The van der Waals surface area contributed by atoms with E-state index in [1.54, 1.807) is 0 Å². The van der Waals surface area contributed by atoms with Gasteiger partial charge in [0.2, 0.25) is 0 Å². The van der Waals surface area contributed by atoms with E-state index in [-0.39, 0.29) is 5.92 Å². The van der Waals surface area contributed by atoms with Gasteiger partial charge in [-0.3, -0.25) is 0 Å². The van der Waals surface area contributed by atoms with Crippen molar-refractivity contribution in [3.63, 3.8) is 0 Å². The molecule has 0 aliphatic carbocycles. The van der Waals surface area contributed by atoms with Crippen molar-refractivity contribution in [1.29, 1.82) is 5.26 Å².